The van der Waals surface area contributed by atoms with Crippen molar-refractivity contribution in [2.75, 3.05) is 25.0 Å². The van der Waals surface area contributed by atoms with E-state index in [9.17, 15) is 33.6 Å². The van der Waals surface area contributed by atoms with Gasteiger partial charge >= 0.3 is 12.0 Å². The molecule has 1 aromatic heterocycles. The maximum atomic E-state index is 13.7. The molecule has 5 amide bonds. The van der Waals surface area contributed by atoms with E-state index in [0.717, 1.165) is 44.1 Å². The van der Waals surface area contributed by atoms with E-state index in [1.54, 1.807) is 60.8 Å². The van der Waals surface area contributed by atoms with E-state index >= 15 is 0 Å². The lowest BCUT2D eigenvalue weighted by Gasteiger charge is -2.24. The molecule has 0 radical (unpaired) electrons. The molecule has 4 rings (SSSR count). The number of amides is 5. The minimum absolute atomic E-state index is 0.0143. The third-order valence-corrected chi connectivity index (χ3v) is 12.5. The maximum absolute atomic E-state index is 13.7. The summed E-state index contributed by atoms with van der Waals surface area (Å²) in [5.74, 6) is -1.15. The molecule has 16 heteroatoms. The quantitative estimate of drug-likeness (QED) is 0.0303. The van der Waals surface area contributed by atoms with Crippen LogP contribution in [-0.2, 0) is 48.2 Å². The number of primary amides is 1. The number of Topliss-reactive ketones (excluding diaryl/α,β-unsaturated/α-hetero) is 2. The third-order valence-electron chi connectivity index (χ3n) is 12.5. The number of benzene rings is 2. The maximum Gasteiger partial charge on any atom is 0.312 e. The Hall–Kier alpha value is -6.71. The zero-order valence-corrected chi connectivity index (χ0v) is 43.4. The van der Waals surface area contributed by atoms with Crippen LogP contribution in [0.25, 0.3) is 6.08 Å². The number of ketones is 2. The monoisotopic (exact) mass is 991 g/mol. The molecular formula is C56H78N8O8. The highest BCUT2D eigenvalue weighted by molar-refractivity contribution is 6.08. The molecule has 3 aromatic rings. The van der Waals surface area contributed by atoms with Crippen LogP contribution in [0.4, 0.5) is 16.2 Å². The standard InChI is InChI=1S/C56H78N8O8/c1-7-26-64(27-8-2)55(70)44-30-42-22-23-43(31-49(42)62-51(57)32-44)53(68)61-45-28-41(34-59-35-45)21-24-52(67)72-36-40-19-17-39(18-20-40)29-50(66)48(16-13-25-60-56(58)71)63-54(69)47(38(5)6)33-46(65)15-12-10-9-11-14-37(3)4/h17-20,22-23,28,30-31,34-35,37-38,47-48H,7-16,21,24-27,29,32-33,36H2,1-6H3,(H2,57,62)(H,61,68)(H,63,69)(H3,58,60,71). The summed E-state index contributed by atoms with van der Waals surface area (Å²) >= 11 is 0. The number of esters is 1. The molecule has 1 aliphatic rings. The van der Waals surface area contributed by atoms with Crippen LogP contribution < -0.4 is 27.4 Å². The largest absolute Gasteiger partial charge is 0.461 e. The first-order chi connectivity index (χ1) is 34.5. The fourth-order valence-corrected chi connectivity index (χ4v) is 8.50. The number of nitrogens with one attached hydrogen (secondary N) is 3. The molecule has 390 valence electrons. The summed E-state index contributed by atoms with van der Waals surface area (Å²) in [4.78, 5) is 102. The number of amidine groups is 1. The first-order valence-corrected chi connectivity index (χ1v) is 25.8. The minimum Gasteiger partial charge on any atom is -0.461 e. The van der Waals surface area contributed by atoms with Gasteiger partial charge < -0.3 is 37.1 Å². The highest BCUT2D eigenvalue weighted by atomic mass is 16.5. The van der Waals surface area contributed by atoms with Gasteiger partial charge in [-0.25, -0.2) is 9.79 Å². The number of nitrogens with zero attached hydrogens (tertiary/aromatic N) is 3. The van der Waals surface area contributed by atoms with Crippen molar-refractivity contribution in [3.05, 3.63) is 94.3 Å². The van der Waals surface area contributed by atoms with Gasteiger partial charge in [-0.15, -0.1) is 0 Å². The Morgan fingerprint density at radius 2 is 1.51 bits per heavy atom. The van der Waals surface area contributed by atoms with Crippen LogP contribution in [0, 0.1) is 17.8 Å². The first kappa shape index (κ1) is 57.9. The van der Waals surface area contributed by atoms with Crippen LogP contribution in [-0.4, -0.2) is 82.7 Å². The molecule has 0 fully saturated rings. The molecule has 2 aromatic carbocycles. The van der Waals surface area contributed by atoms with Crippen LogP contribution >= 0.6 is 0 Å². The van der Waals surface area contributed by atoms with Crippen LogP contribution in [0.15, 0.2) is 71.5 Å². The number of ether oxygens (including phenoxy) is 1. The molecule has 1 aliphatic heterocycles. The van der Waals surface area contributed by atoms with Gasteiger partial charge in [0.05, 0.1) is 23.6 Å². The zero-order chi connectivity index (χ0) is 52.6. The number of aromatic nitrogens is 1. The summed E-state index contributed by atoms with van der Waals surface area (Å²) in [7, 11) is 0. The van der Waals surface area contributed by atoms with Gasteiger partial charge in [-0.3, -0.25) is 33.8 Å². The molecular weight excluding hydrogens is 913 g/mol. The number of nitrogens with two attached hydrogens (primary N) is 2. The van der Waals surface area contributed by atoms with Gasteiger partial charge in [0.2, 0.25) is 11.8 Å². The van der Waals surface area contributed by atoms with E-state index in [-0.39, 0.29) is 80.4 Å². The van der Waals surface area contributed by atoms with Gasteiger partial charge in [0, 0.05) is 80.6 Å². The molecule has 2 unspecified atom stereocenters. The average molecular weight is 991 g/mol. The topological polar surface area (TPSA) is 245 Å². The molecule has 7 N–H and O–H groups in total. The Kier molecular flexibility index (Phi) is 24.3. The predicted octanol–water partition coefficient (Wildman–Crippen LogP) is 8.71. The summed E-state index contributed by atoms with van der Waals surface area (Å²) in [5, 5.41) is 8.32. The van der Waals surface area contributed by atoms with Crippen molar-refractivity contribution >= 4 is 64.6 Å². The average Bonchev–Trinajstić information content (AvgIpc) is 3.51. The molecule has 0 aliphatic carbocycles. The number of carbonyl (C=O) groups is 7. The van der Waals surface area contributed by atoms with Crippen molar-refractivity contribution in [3.8, 4) is 0 Å². The molecule has 2 heterocycles. The molecule has 2 atom stereocenters. The molecule has 0 saturated carbocycles. The number of pyridine rings is 1. The van der Waals surface area contributed by atoms with Gasteiger partial charge in [0.15, 0.2) is 5.78 Å². The number of urea groups is 1. The van der Waals surface area contributed by atoms with Crippen molar-refractivity contribution in [2.45, 2.75) is 151 Å². The predicted molar refractivity (Wildman–Crippen MR) is 282 cm³/mol. The van der Waals surface area contributed by atoms with Gasteiger partial charge in [0.1, 0.15) is 18.2 Å². The molecule has 0 bridgehead atoms. The van der Waals surface area contributed by atoms with E-state index in [1.807, 2.05) is 32.6 Å². The molecule has 72 heavy (non-hydrogen) atoms. The Morgan fingerprint density at radius 1 is 0.806 bits per heavy atom. The van der Waals surface area contributed by atoms with Gasteiger partial charge in [-0.05, 0) is 91.3 Å². The number of hydrogen-bond acceptors (Lipinski definition) is 11. The number of carbonyl (C=O) groups excluding carboxylic acids is 7. The molecule has 0 spiro atoms. The lowest BCUT2D eigenvalue weighted by Crippen LogP contribution is -2.46. The third kappa shape index (κ3) is 20.2. The van der Waals surface area contributed by atoms with Crippen molar-refractivity contribution < 1.29 is 38.3 Å². The van der Waals surface area contributed by atoms with E-state index in [0.29, 0.717) is 77.5 Å². The van der Waals surface area contributed by atoms with Crippen molar-refractivity contribution in [2.24, 2.45) is 34.2 Å². The second kappa shape index (κ2) is 30.2. The van der Waals surface area contributed by atoms with Crippen LogP contribution in [0.1, 0.15) is 158 Å². The van der Waals surface area contributed by atoms with E-state index < -0.39 is 29.9 Å². The fraction of sp³-hybridized carbons (Fsp3) is 0.518. The van der Waals surface area contributed by atoms with Crippen LogP contribution in [0.5, 0.6) is 0 Å². The zero-order valence-electron chi connectivity index (χ0n) is 43.4. The number of fused-ring (bicyclic) bond motifs is 1. The van der Waals surface area contributed by atoms with Crippen LogP contribution in [0.3, 0.4) is 0 Å². The summed E-state index contributed by atoms with van der Waals surface area (Å²) in [6.07, 6.45) is 13.6. The van der Waals surface area contributed by atoms with Crippen molar-refractivity contribution in [1.82, 2.24) is 20.5 Å². The Balaban J connectivity index is 1.28. The summed E-state index contributed by atoms with van der Waals surface area (Å²) in [6, 6.07) is 12.4. The van der Waals surface area contributed by atoms with Gasteiger partial charge in [-0.1, -0.05) is 97.6 Å². The van der Waals surface area contributed by atoms with Crippen molar-refractivity contribution in [3.63, 3.8) is 0 Å². The fourth-order valence-electron chi connectivity index (χ4n) is 8.50. The highest BCUT2D eigenvalue weighted by Crippen LogP contribution is 2.29. The molecule has 0 saturated heterocycles. The number of aryl methyl sites for hydroxylation is 1. The summed E-state index contributed by atoms with van der Waals surface area (Å²) in [6.45, 7) is 13.8. The number of aliphatic imine (C=N–C) groups is 1. The van der Waals surface area contributed by atoms with Crippen molar-refractivity contribution in [1.29, 1.82) is 0 Å². The van der Waals surface area contributed by atoms with E-state index in [4.69, 9.17) is 16.2 Å². The summed E-state index contributed by atoms with van der Waals surface area (Å²) in [5.41, 5.74) is 16.1. The number of unbranched alkanes of at least 4 members (excludes halogenated alkanes) is 3. The lowest BCUT2D eigenvalue weighted by molar-refractivity contribution is -0.145. The molecule has 16 nitrogen and oxygen atoms in total. The van der Waals surface area contributed by atoms with E-state index in [1.165, 1.54) is 12.6 Å². The second-order valence-electron chi connectivity index (χ2n) is 19.6. The number of hydrogen-bond donors (Lipinski definition) is 5. The Morgan fingerprint density at radius 3 is 2.19 bits per heavy atom. The Labute approximate surface area is 426 Å². The van der Waals surface area contributed by atoms with Crippen LogP contribution in [0.2, 0.25) is 0 Å². The second-order valence-corrected chi connectivity index (χ2v) is 19.6. The van der Waals surface area contributed by atoms with E-state index in [2.05, 4.69) is 39.8 Å². The highest BCUT2D eigenvalue weighted by Gasteiger charge is 2.29. The lowest BCUT2D eigenvalue weighted by atomic mass is 9.88. The smallest absolute Gasteiger partial charge is 0.312 e. The normalized spacial score (nSPS) is 12.9. The summed E-state index contributed by atoms with van der Waals surface area (Å²) < 4.78 is 5.55. The SMILES string of the molecule is CCCN(CCC)C(=O)C1=Cc2ccc(C(=O)Nc3cncc(CCC(=O)OCc4ccc(CC(=O)C(CCCNC(N)=O)NC(=O)C(CC(=O)CCCCCCC(C)C)C(C)C)cc4)c3)cc2N=C(N)C1. The first-order valence-electron chi connectivity index (χ1n) is 25.8. The Bertz CT molecular complexity index is 2370. The number of rotatable bonds is 31. The van der Waals surface area contributed by atoms with Gasteiger partial charge in [0.25, 0.3) is 5.91 Å². The van der Waals surface area contributed by atoms with Gasteiger partial charge in [-0.2, -0.15) is 0 Å². The number of anilines is 1. The minimum atomic E-state index is -0.842.